The van der Waals surface area contributed by atoms with E-state index in [1.165, 1.54) is 0 Å². The SMILES string of the molecule is CC(C)(O)C#Cc1ccc(C(=O)NCc2ccccc2)cc1. The molecule has 0 saturated carbocycles. The molecule has 0 radical (unpaired) electrons. The maximum Gasteiger partial charge on any atom is 0.251 e. The fourth-order valence-corrected chi connectivity index (χ4v) is 1.81. The van der Waals surface area contributed by atoms with Crippen LogP contribution in [0.4, 0.5) is 0 Å². The van der Waals surface area contributed by atoms with E-state index in [1.54, 1.807) is 38.1 Å². The first kappa shape index (κ1) is 15.8. The lowest BCUT2D eigenvalue weighted by Crippen LogP contribution is -2.22. The van der Waals surface area contributed by atoms with Crippen LogP contribution in [0.5, 0.6) is 0 Å². The van der Waals surface area contributed by atoms with Crippen LogP contribution in [0.3, 0.4) is 0 Å². The molecule has 0 spiro atoms. The van der Waals surface area contributed by atoms with E-state index >= 15 is 0 Å². The van der Waals surface area contributed by atoms with Crippen LogP contribution < -0.4 is 5.32 Å². The molecule has 0 saturated heterocycles. The van der Waals surface area contributed by atoms with Crippen molar-refractivity contribution in [3.05, 3.63) is 71.3 Å². The van der Waals surface area contributed by atoms with Crippen molar-refractivity contribution in [1.82, 2.24) is 5.32 Å². The molecule has 3 heteroatoms. The van der Waals surface area contributed by atoms with Crippen molar-refractivity contribution in [1.29, 1.82) is 0 Å². The van der Waals surface area contributed by atoms with E-state index in [1.807, 2.05) is 30.3 Å². The number of hydrogen-bond acceptors (Lipinski definition) is 2. The summed E-state index contributed by atoms with van der Waals surface area (Å²) < 4.78 is 0. The quantitative estimate of drug-likeness (QED) is 0.855. The second-order valence-electron chi connectivity index (χ2n) is 5.55. The lowest BCUT2D eigenvalue weighted by atomic mass is 10.1. The first-order chi connectivity index (χ1) is 10.4. The number of hydrogen-bond donors (Lipinski definition) is 2. The largest absolute Gasteiger partial charge is 0.378 e. The fraction of sp³-hybridized carbons (Fsp3) is 0.211. The van der Waals surface area contributed by atoms with E-state index in [2.05, 4.69) is 17.2 Å². The van der Waals surface area contributed by atoms with Gasteiger partial charge in [-0.25, -0.2) is 0 Å². The van der Waals surface area contributed by atoms with Crippen molar-refractivity contribution in [3.63, 3.8) is 0 Å². The number of aliphatic hydroxyl groups is 1. The molecule has 0 unspecified atom stereocenters. The Balaban J connectivity index is 1.97. The molecule has 0 aromatic heterocycles. The summed E-state index contributed by atoms with van der Waals surface area (Å²) in [5, 5.41) is 12.4. The van der Waals surface area contributed by atoms with E-state index in [-0.39, 0.29) is 5.91 Å². The predicted molar refractivity (Wildman–Crippen MR) is 87.2 cm³/mol. The number of benzene rings is 2. The number of carbonyl (C=O) groups excluding carboxylic acids is 1. The van der Waals surface area contributed by atoms with E-state index in [0.717, 1.165) is 11.1 Å². The third kappa shape index (κ3) is 5.08. The topological polar surface area (TPSA) is 49.3 Å². The molecule has 0 aliphatic rings. The summed E-state index contributed by atoms with van der Waals surface area (Å²) >= 11 is 0. The third-order valence-electron chi connectivity index (χ3n) is 2.96. The van der Waals surface area contributed by atoms with E-state index < -0.39 is 5.60 Å². The summed E-state index contributed by atoms with van der Waals surface area (Å²) in [4.78, 5) is 12.1. The molecule has 0 heterocycles. The second-order valence-corrected chi connectivity index (χ2v) is 5.55. The normalized spacial score (nSPS) is 10.5. The van der Waals surface area contributed by atoms with Gasteiger partial charge in [0.15, 0.2) is 0 Å². The van der Waals surface area contributed by atoms with Crippen LogP contribution in [-0.2, 0) is 6.54 Å². The summed E-state index contributed by atoms with van der Waals surface area (Å²) in [6, 6.07) is 16.8. The van der Waals surface area contributed by atoms with Gasteiger partial charge in [0.2, 0.25) is 0 Å². The number of amides is 1. The maximum absolute atomic E-state index is 12.1. The lowest BCUT2D eigenvalue weighted by molar-refractivity contribution is 0.0951. The summed E-state index contributed by atoms with van der Waals surface area (Å²) in [5.74, 6) is 5.50. The number of nitrogens with one attached hydrogen (secondary N) is 1. The zero-order chi connectivity index (χ0) is 16.0. The monoisotopic (exact) mass is 293 g/mol. The average Bonchev–Trinajstić information content (AvgIpc) is 2.51. The molecule has 22 heavy (non-hydrogen) atoms. The summed E-state index contributed by atoms with van der Waals surface area (Å²) in [6.07, 6.45) is 0. The van der Waals surface area contributed by atoms with Crippen molar-refractivity contribution in [2.45, 2.75) is 26.0 Å². The number of rotatable bonds is 3. The Morgan fingerprint density at radius 2 is 1.73 bits per heavy atom. The van der Waals surface area contributed by atoms with Gasteiger partial charge in [-0.15, -0.1) is 0 Å². The highest BCUT2D eigenvalue weighted by molar-refractivity contribution is 5.94. The van der Waals surface area contributed by atoms with Crippen molar-refractivity contribution in [2.75, 3.05) is 0 Å². The summed E-state index contributed by atoms with van der Waals surface area (Å²) in [5.41, 5.74) is 1.39. The minimum Gasteiger partial charge on any atom is -0.378 e. The Hall–Kier alpha value is -2.57. The number of carbonyl (C=O) groups is 1. The van der Waals surface area contributed by atoms with Gasteiger partial charge in [0, 0.05) is 17.7 Å². The highest BCUT2D eigenvalue weighted by Gasteiger charge is 2.07. The van der Waals surface area contributed by atoms with Crippen LogP contribution in [-0.4, -0.2) is 16.6 Å². The Morgan fingerprint density at radius 3 is 2.32 bits per heavy atom. The second kappa shape index (κ2) is 6.93. The molecule has 1 amide bonds. The Labute approximate surface area is 131 Å². The van der Waals surface area contributed by atoms with Crippen molar-refractivity contribution >= 4 is 5.91 Å². The predicted octanol–water partition coefficient (Wildman–Crippen LogP) is 2.74. The highest BCUT2D eigenvalue weighted by Crippen LogP contribution is 2.06. The van der Waals surface area contributed by atoms with Gasteiger partial charge in [-0.1, -0.05) is 42.2 Å². The Bertz CT molecular complexity index is 686. The molecule has 2 aromatic carbocycles. The van der Waals surface area contributed by atoms with Crippen LogP contribution in [0.15, 0.2) is 54.6 Å². The fourth-order valence-electron chi connectivity index (χ4n) is 1.81. The van der Waals surface area contributed by atoms with Crippen LogP contribution in [0.1, 0.15) is 35.3 Å². The van der Waals surface area contributed by atoms with Crippen molar-refractivity contribution in [3.8, 4) is 11.8 Å². The standard InChI is InChI=1S/C19H19NO2/c1-19(2,22)13-12-15-8-10-17(11-9-15)18(21)20-14-16-6-4-3-5-7-16/h3-11,22H,14H2,1-2H3,(H,20,21). The van der Waals surface area contributed by atoms with Gasteiger partial charge >= 0.3 is 0 Å². The summed E-state index contributed by atoms with van der Waals surface area (Å²) in [7, 11) is 0. The van der Waals surface area contributed by atoms with Gasteiger partial charge in [-0.3, -0.25) is 4.79 Å². The van der Waals surface area contributed by atoms with Gasteiger partial charge in [-0.05, 0) is 43.7 Å². The highest BCUT2D eigenvalue weighted by atomic mass is 16.3. The van der Waals surface area contributed by atoms with Crippen LogP contribution in [0.25, 0.3) is 0 Å². The lowest BCUT2D eigenvalue weighted by Gasteiger charge is -2.06. The smallest absolute Gasteiger partial charge is 0.251 e. The maximum atomic E-state index is 12.1. The Morgan fingerprint density at radius 1 is 1.09 bits per heavy atom. The zero-order valence-corrected chi connectivity index (χ0v) is 12.8. The van der Waals surface area contributed by atoms with Gasteiger partial charge in [0.1, 0.15) is 5.60 Å². The van der Waals surface area contributed by atoms with Crippen molar-refractivity contribution in [2.24, 2.45) is 0 Å². The minimum atomic E-state index is -1.02. The van der Waals surface area contributed by atoms with Crippen LogP contribution in [0, 0.1) is 11.8 Å². The first-order valence-electron chi connectivity index (χ1n) is 7.12. The average molecular weight is 293 g/mol. The molecule has 112 valence electrons. The van der Waals surface area contributed by atoms with E-state index in [0.29, 0.717) is 12.1 Å². The van der Waals surface area contributed by atoms with E-state index in [4.69, 9.17) is 0 Å². The van der Waals surface area contributed by atoms with Gasteiger partial charge < -0.3 is 10.4 Å². The van der Waals surface area contributed by atoms with Gasteiger partial charge in [0.25, 0.3) is 5.91 Å². The molecule has 0 aliphatic carbocycles. The molecule has 3 nitrogen and oxygen atoms in total. The van der Waals surface area contributed by atoms with Crippen LogP contribution in [0.2, 0.25) is 0 Å². The summed E-state index contributed by atoms with van der Waals surface area (Å²) in [6.45, 7) is 3.76. The minimum absolute atomic E-state index is 0.120. The molecule has 2 aromatic rings. The third-order valence-corrected chi connectivity index (χ3v) is 2.96. The first-order valence-corrected chi connectivity index (χ1v) is 7.12. The van der Waals surface area contributed by atoms with Gasteiger partial charge in [0.05, 0.1) is 0 Å². The zero-order valence-electron chi connectivity index (χ0n) is 12.8. The molecule has 2 rings (SSSR count). The molecule has 0 aliphatic heterocycles. The van der Waals surface area contributed by atoms with Gasteiger partial charge in [-0.2, -0.15) is 0 Å². The molecule has 0 fully saturated rings. The van der Waals surface area contributed by atoms with Crippen LogP contribution >= 0.6 is 0 Å². The molecule has 0 bridgehead atoms. The van der Waals surface area contributed by atoms with E-state index in [9.17, 15) is 9.90 Å². The Kier molecular flexibility index (Phi) is 4.98. The molecular formula is C19H19NO2. The molecule has 2 N–H and O–H groups in total. The molecular weight excluding hydrogens is 274 g/mol. The molecule has 0 atom stereocenters. The van der Waals surface area contributed by atoms with Crippen molar-refractivity contribution < 1.29 is 9.90 Å².